The van der Waals surface area contributed by atoms with Gasteiger partial charge in [-0.15, -0.1) is 11.6 Å². The first-order valence-corrected chi connectivity index (χ1v) is 11.5. The zero-order valence-corrected chi connectivity index (χ0v) is 20.3. The second-order valence-electron chi connectivity index (χ2n) is 10.5. The van der Waals surface area contributed by atoms with Crippen LogP contribution in [0.1, 0.15) is 61.3 Å². The van der Waals surface area contributed by atoms with Gasteiger partial charge in [0.2, 0.25) is 0 Å². The van der Waals surface area contributed by atoms with Crippen molar-refractivity contribution in [3.63, 3.8) is 0 Å². The Morgan fingerprint density at radius 1 is 1.26 bits per heavy atom. The second kappa shape index (κ2) is 7.57. The lowest BCUT2D eigenvalue weighted by Gasteiger charge is -2.61. The zero-order chi connectivity index (χ0) is 23.6. The lowest BCUT2D eigenvalue weighted by atomic mass is 9.48. The van der Waals surface area contributed by atoms with Crippen molar-refractivity contribution in [2.75, 3.05) is 5.88 Å². The predicted octanol–water partition coefficient (Wildman–Crippen LogP) is 4.11. The Bertz CT molecular complexity index is 900. The van der Waals surface area contributed by atoms with Crippen molar-refractivity contribution in [2.45, 2.75) is 78.1 Å². The normalized spacial score (nSPS) is 42.2. The molecule has 0 aromatic carbocycles. The third-order valence-corrected chi connectivity index (χ3v) is 8.79. The Kier molecular flexibility index (Phi) is 5.91. The number of rotatable bonds is 3. The molecule has 3 rings (SSSR count). The molecular formula is C25H35ClO5. The van der Waals surface area contributed by atoms with Gasteiger partial charge in [-0.05, 0) is 45.6 Å². The van der Waals surface area contributed by atoms with E-state index in [1.54, 1.807) is 32.9 Å². The molecule has 1 fully saturated rings. The summed E-state index contributed by atoms with van der Waals surface area (Å²) in [5.41, 5.74) is -2.99. The van der Waals surface area contributed by atoms with Gasteiger partial charge >= 0.3 is 5.97 Å². The van der Waals surface area contributed by atoms with Crippen molar-refractivity contribution in [1.29, 1.82) is 0 Å². The number of ketones is 1. The summed E-state index contributed by atoms with van der Waals surface area (Å²) in [7, 11) is 0. The molecule has 0 saturated heterocycles. The van der Waals surface area contributed by atoms with Crippen LogP contribution in [0.5, 0.6) is 0 Å². The van der Waals surface area contributed by atoms with E-state index in [1.165, 1.54) is 0 Å². The number of hydrogen-bond acceptors (Lipinski definition) is 5. The van der Waals surface area contributed by atoms with Crippen molar-refractivity contribution in [2.24, 2.45) is 23.2 Å². The summed E-state index contributed by atoms with van der Waals surface area (Å²) < 4.78 is 6.07. The highest BCUT2D eigenvalue weighted by Crippen LogP contribution is 2.63. The molecule has 0 heterocycles. The van der Waals surface area contributed by atoms with E-state index in [0.29, 0.717) is 23.1 Å². The third kappa shape index (κ3) is 3.27. The highest BCUT2D eigenvalue weighted by atomic mass is 35.5. The Hall–Kier alpha value is -1.43. The largest absolute Gasteiger partial charge is 0.455 e. The molecule has 6 atom stereocenters. The zero-order valence-electron chi connectivity index (χ0n) is 19.6. The lowest BCUT2D eigenvalue weighted by Crippen LogP contribution is -2.68. The summed E-state index contributed by atoms with van der Waals surface area (Å²) in [5, 5.41) is 23.8. The number of carbonyl (C=O) groups is 2. The van der Waals surface area contributed by atoms with E-state index in [1.807, 2.05) is 33.8 Å². The first kappa shape index (κ1) is 24.2. The number of hydrogen-bond donors (Lipinski definition) is 2. The second-order valence-corrected chi connectivity index (χ2v) is 10.8. The van der Waals surface area contributed by atoms with Crippen LogP contribution >= 0.6 is 11.6 Å². The standard InChI is InChI=1S/C25H35ClO5/c1-8-14(2)21(28)31-23(7)11-16(4)25(30)18(22(23,5)6)10-17(13-26)12-24(29)19(25)9-15(3)20(24)27/h8-10,16,18-19,29-30H,11-13H2,1-7H3/b14-8+/t16-,18+,19-,23-,24-,25-/m1/s1. The third-order valence-electron chi connectivity index (χ3n) is 8.45. The van der Waals surface area contributed by atoms with Crippen molar-refractivity contribution in [1.82, 2.24) is 0 Å². The number of esters is 1. The van der Waals surface area contributed by atoms with Gasteiger partial charge in [0.1, 0.15) is 11.2 Å². The number of halogens is 1. The molecule has 172 valence electrons. The lowest BCUT2D eigenvalue weighted by molar-refractivity contribution is -0.244. The summed E-state index contributed by atoms with van der Waals surface area (Å²) in [5.74, 6) is -2.19. The molecule has 5 nitrogen and oxygen atoms in total. The van der Waals surface area contributed by atoms with Crippen LogP contribution in [-0.4, -0.2) is 44.6 Å². The van der Waals surface area contributed by atoms with Crippen molar-refractivity contribution >= 4 is 23.4 Å². The molecule has 3 aliphatic carbocycles. The molecule has 2 N–H and O–H groups in total. The number of allylic oxidation sites excluding steroid dienone is 1. The van der Waals surface area contributed by atoms with E-state index >= 15 is 0 Å². The minimum Gasteiger partial charge on any atom is -0.455 e. The van der Waals surface area contributed by atoms with E-state index in [2.05, 4.69) is 0 Å². The Morgan fingerprint density at radius 2 is 1.87 bits per heavy atom. The van der Waals surface area contributed by atoms with Gasteiger partial charge in [0.25, 0.3) is 0 Å². The number of carbonyl (C=O) groups excluding carboxylic acids is 2. The van der Waals surface area contributed by atoms with Gasteiger partial charge in [0.05, 0.1) is 5.60 Å². The fraction of sp³-hybridized carbons (Fsp3) is 0.680. The van der Waals surface area contributed by atoms with Gasteiger partial charge in [-0.1, -0.05) is 44.6 Å². The quantitative estimate of drug-likeness (QED) is 0.292. The van der Waals surface area contributed by atoms with E-state index < -0.39 is 34.1 Å². The maximum Gasteiger partial charge on any atom is 0.333 e. The molecule has 0 spiro atoms. The average Bonchev–Trinajstić information content (AvgIpc) is 2.85. The summed E-state index contributed by atoms with van der Waals surface area (Å²) in [4.78, 5) is 25.7. The van der Waals surface area contributed by atoms with Crippen LogP contribution in [0.3, 0.4) is 0 Å². The van der Waals surface area contributed by atoms with E-state index in [-0.39, 0.29) is 30.0 Å². The molecule has 3 aliphatic rings. The Morgan fingerprint density at radius 3 is 2.42 bits per heavy atom. The number of Topliss-reactive ketones (excluding diaryl/α,β-unsaturated/α-hetero) is 1. The minimum atomic E-state index is -1.72. The van der Waals surface area contributed by atoms with Crippen molar-refractivity contribution in [3.05, 3.63) is 34.9 Å². The summed E-state index contributed by atoms with van der Waals surface area (Å²) in [6.07, 6.45) is 5.85. The SMILES string of the molecule is C/C=C(\C)C(=O)O[C@]1(C)C[C@@H](C)[C@@]2(O)[C@@H](C=C(CCl)C[C@]3(O)C(=O)C(C)=C[C@@H]23)C1(C)C. The molecule has 0 unspecified atom stereocenters. The van der Waals surface area contributed by atoms with Crippen LogP contribution in [0.2, 0.25) is 0 Å². The van der Waals surface area contributed by atoms with E-state index in [4.69, 9.17) is 16.3 Å². The van der Waals surface area contributed by atoms with Crippen LogP contribution in [0, 0.1) is 23.2 Å². The van der Waals surface area contributed by atoms with Gasteiger partial charge < -0.3 is 14.9 Å². The Balaban J connectivity index is 2.19. The first-order chi connectivity index (χ1) is 14.2. The number of ether oxygens (including phenoxy) is 1. The summed E-state index contributed by atoms with van der Waals surface area (Å²) in [6, 6.07) is 0. The fourth-order valence-corrected chi connectivity index (χ4v) is 6.21. The van der Waals surface area contributed by atoms with Crippen LogP contribution in [-0.2, 0) is 14.3 Å². The number of alkyl halides is 1. The fourth-order valence-electron chi connectivity index (χ4n) is 6.03. The van der Waals surface area contributed by atoms with Crippen molar-refractivity contribution in [3.8, 4) is 0 Å². The summed E-state index contributed by atoms with van der Waals surface area (Å²) in [6.45, 7) is 13.0. The van der Waals surface area contributed by atoms with E-state index in [0.717, 1.165) is 0 Å². The van der Waals surface area contributed by atoms with Gasteiger partial charge in [0, 0.05) is 35.1 Å². The molecule has 0 amide bonds. The summed E-state index contributed by atoms with van der Waals surface area (Å²) >= 11 is 6.23. The smallest absolute Gasteiger partial charge is 0.333 e. The highest BCUT2D eigenvalue weighted by Gasteiger charge is 2.69. The molecule has 1 saturated carbocycles. The predicted molar refractivity (Wildman–Crippen MR) is 121 cm³/mol. The monoisotopic (exact) mass is 450 g/mol. The first-order valence-electron chi connectivity index (χ1n) is 11.0. The average molecular weight is 451 g/mol. The van der Waals surface area contributed by atoms with Gasteiger partial charge in [-0.2, -0.15) is 0 Å². The maximum absolute atomic E-state index is 13.0. The van der Waals surface area contributed by atoms with Gasteiger partial charge in [0.15, 0.2) is 5.78 Å². The molecule has 0 aliphatic heterocycles. The molecule has 6 heteroatoms. The molecular weight excluding hydrogens is 416 g/mol. The number of aliphatic hydroxyl groups is 2. The van der Waals surface area contributed by atoms with Gasteiger partial charge in [-0.25, -0.2) is 4.79 Å². The molecule has 0 aromatic rings. The highest BCUT2D eigenvalue weighted by molar-refractivity contribution is 6.19. The van der Waals surface area contributed by atoms with Gasteiger partial charge in [-0.3, -0.25) is 4.79 Å². The van der Waals surface area contributed by atoms with E-state index in [9.17, 15) is 19.8 Å². The van der Waals surface area contributed by atoms with Crippen LogP contribution < -0.4 is 0 Å². The minimum absolute atomic E-state index is 0.0869. The maximum atomic E-state index is 13.0. The molecule has 31 heavy (non-hydrogen) atoms. The van der Waals surface area contributed by atoms with Crippen LogP contribution in [0.15, 0.2) is 34.9 Å². The Labute approximate surface area is 190 Å². The molecule has 0 radical (unpaired) electrons. The van der Waals surface area contributed by atoms with Crippen molar-refractivity contribution < 1.29 is 24.5 Å². The number of fused-ring (bicyclic) bond motifs is 3. The topological polar surface area (TPSA) is 83.8 Å². The van der Waals surface area contributed by atoms with Crippen LogP contribution in [0.25, 0.3) is 0 Å². The molecule has 0 aromatic heterocycles. The van der Waals surface area contributed by atoms with Crippen LogP contribution in [0.4, 0.5) is 0 Å². The molecule has 0 bridgehead atoms.